The van der Waals surface area contributed by atoms with Crippen LogP contribution >= 0.6 is 0 Å². The van der Waals surface area contributed by atoms with Gasteiger partial charge in [-0.1, -0.05) is 32.0 Å². The minimum absolute atomic E-state index is 0.237. The van der Waals surface area contributed by atoms with Crippen molar-refractivity contribution in [3.63, 3.8) is 0 Å². The standard InChI is InChI=1S/C15H18N4O/c1-10(2)11-5-3-4-6-13(11)18-15(20)12-9-17-8-7-14(12)19-16/h3-10H,16H2,1-2H3,(H,17,19)(H,18,20). The summed E-state index contributed by atoms with van der Waals surface area (Å²) in [6, 6.07) is 9.41. The highest BCUT2D eigenvalue weighted by Gasteiger charge is 2.13. The number of hydrazine groups is 1. The highest BCUT2D eigenvalue weighted by molar-refractivity contribution is 6.08. The molecule has 0 saturated heterocycles. The van der Waals surface area contributed by atoms with Gasteiger partial charge >= 0.3 is 0 Å². The van der Waals surface area contributed by atoms with Crippen molar-refractivity contribution in [3.8, 4) is 0 Å². The molecule has 0 spiro atoms. The summed E-state index contributed by atoms with van der Waals surface area (Å²) in [6.45, 7) is 4.17. The smallest absolute Gasteiger partial charge is 0.259 e. The fraction of sp³-hybridized carbons (Fsp3) is 0.200. The number of anilines is 2. The molecule has 0 saturated carbocycles. The number of carbonyl (C=O) groups is 1. The van der Waals surface area contributed by atoms with Crippen LogP contribution in [0.25, 0.3) is 0 Å². The van der Waals surface area contributed by atoms with E-state index >= 15 is 0 Å². The first-order chi connectivity index (χ1) is 9.63. The van der Waals surface area contributed by atoms with Gasteiger partial charge in [-0.05, 0) is 23.6 Å². The van der Waals surface area contributed by atoms with Crippen molar-refractivity contribution in [2.75, 3.05) is 10.7 Å². The number of amides is 1. The molecular formula is C15H18N4O. The molecule has 1 aromatic heterocycles. The number of hydrogen-bond acceptors (Lipinski definition) is 4. The Balaban J connectivity index is 2.28. The maximum absolute atomic E-state index is 12.3. The van der Waals surface area contributed by atoms with E-state index in [4.69, 9.17) is 5.84 Å². The van der Waals surface area contributed by atoms with Crippen molar-refractivity contribution in [1.29, 1.82) is 0 Å². The predicted molar refractivity (Wildman–Crippen MR) is 80.5 cm³/mol. The third-order valence-electron chi connectivity index (χ3n) is 3.05. The number of rotatable bonds is 4. The first-order valence-electron chi connectivity index (χ1n) is 6.44. The lowest BCUT2D eigenvalue weighted by molar-refractivity contribution is 0.102. The highest BCUT2D eigenvalue weighted by atomic mass is 16.1. The van der Waals surface area contributed by atoms with Gasteiger partial charge in [0.25, 0.3) is 5.91 Å². The van der Waals surface area contributed by atoms with Gasteiger partial charge in [-0.2, -0.15) is 0 Å². The van der Waals surface area contributed by atoms with E-state index in [0.717, 1.165) is 11.3 Å². The molecule has 5 nitrogen and oxygen atoms in total. The molecule has 0 atom stereocenters. The topological polar surface area (TPSA) is 80.0 Å². The summed E-state index contributed by atoms with van der Waals surface area (Å²) in [5.74, 6) is 5.49. The quantitative estimate of drug-likeness (QED) is 0.589. The van der Waals surface area contributed by atoms with E-state index in [-0.39, 0.29) is 5.91 Å². The third kappa shape index (κ3) is 2.95. The number of nitrogens with two attached hydrogens (primary N) is 1. The van der Waals surface area contributed by atoms with E-state index in [1.54, 1.807) is 12.3 Å². The van der Waals surface area contributed by atoms with Crippen LogP contribution in [-0.2, 0) is 0 Å². The second kappa shape index (κ2) is 6.16. The molecule has 5 heteroatoms. The minimum Gasteiger partial charge on any atom is -0.323 e. The van der Waals surface area contributed by atoms with Crippen LogP contribution in [0.3, 0.4) is 0 Å². The van der Waals surface area contributed by atoms with Gasteiger partial charge in [0.2, 0.25) is 0 Å². The monoisotopic (exact) mass is 270 g/mol. The van der Waals surface area contributed by atoms with Gasteiger partial charge in [0.05, 0.1) is 11.3 Å². The summed E-state index contributed by atoms with van der Waals surface area (Å²) in [4.78, 5) is 16.3. The van der Waals surface area contributed by atoms with Crippen LogP contribution in [0.2, 0.25) is 0 Å². The average molecular weight is 270 g/mol. The van der Waals surface area contributed by atoms with E-state index in [1.807, 2.05) is 24.3 Å². The second-order valence-electron chi connectivity index (χ2n) is 4.76. The van der Waals surface area contributed by atoms with Crippen molar-refractivity contribution in [1.82, 2.24) is 4.98 Å². The molecule has 0 aliphatic carbocycles. The number of para-hydroxylation sites is 1. The van der Waals surface area contributed by atoms with E-state index in [1.165, 1.54) is 6.20 Å². The van der Waals surface area contributed by atoms with Crippen LogP contribution in [0.5, 0.6) is 0 Å². The van der Waals surface area contributed by atoms with Gasteiger partial charge in [-0.25, -0.2) is 0 Å². The van der Waals surface area contributed by atoms with E-state index in [0.29, 0.717) is 17.2 Å². The fourth-order valence-electron chi connectivity index (χ4n) is 2.01. The Morgan fingerprint density at radius 3 is 2.65 bits per heavy atom. The van der Waals surface area contributed by atoms with Crippen molar-refractivity contribution in [2.45, 2.75) is 19.8 Å². The number of pyridine rings is 1. The van der Waals surface area contributed by atoms with Crippen molar-refractivity contribution in [2.24, 2.45) is 5.84 Å². The lowest BCUT2D eigenvalue weighted by Crippen LogP contribution is -2.18. The number of aromatic nitrogens is 1. The number of nitrogens with one attached hydrogen (secondary N) is 2. The molecule has 1 heterocycles. The van der Waals surface area contributed by atoms with Crippen LogP contribution in [0.4, 0.5) is 11.4 Å². The van der Waals surface area contributed by atoms with Crippen LogP contribution in [0, 0.1) is 0 Å². The van der Waals surface area contributed by atoms with Gasteiger partial charge in [-0.3, -0.25) is 15.6 Å². The SMILES string of the molecule is CC(C)c1ccccc1NC(=O)c1cnccc1NN. The molecule has 0 aliphatic rings. The molecule has 1 amide bonds. The van der Waals surface area contributed by atoms with Gasteiger partial charge in [0.1, 0.15) is 0 Å². The number of nitrogen functional groups attached to an aromatic ring is 1. The van der Waals surface area contributed by atoms with E-state index in [2.05, 4.69) is 29.6 Å². The van der Waals surface area contributed by atoms with Crippen molar-refractivity contribution >= 4 is 17.3 Å². The summed E-state index contributed by atoms with van der Waals surface area (Å²) >= 11 is 0. The van der Waals surface area contributed by atoms with Gasteiger partial charge in [0.15, 0.2) is 0 Å². The van der Waals surface area contributed by atoms with Crippen LogP contribution in [0.1, 0.15) is 35.7 Å². The minimum atomic E-state index is -0.237. The lowest BCUT2D eigenvalue weighted by Gasteiger charge is -2.14. The molecule has 0 bridgehead atoms. The normalized spacial score (nSPS) is 10.4. The molecule has 20 heavy (non-hydrogen) atoms. The zero-order valence-corrected chi connectivity index (χ0v) is 11.6. The lowest BCUT2D eigenvalue weighted by atomic mass is 10.0. The zero-order valence-electron chi connectivity index (χ0n) is 11.6. The molecule has 2 aromatic rings. The number of carbonyl (C=O) groups excluding carboxylic acids is 1. The van der Waals surface area contributed by atoms with Gasteiger partial charge in [0, 0.05) is 18.1 Å². The Labute approximate surface area is 118 Å². The molecule has 2 rings (SSSR count). The molecule has 0 aliphatic heterocycles. The predicted octanol–water partition coefficient (Wildman–Crippen LogP) is 2.74. The highest BCUT2D eigenvalue weighted by Crippen LogP contribution is 2.24. The Morgan fingerprint density at radius 1 is 1.20 bits per heavy atom. The van der Waals surface area contributed by atoms with Crippen LogP contribution in [0.15, 0.2) is 42.7 Å². The Bertz CT molecular complexity index is 610. The fourth-order valence-corrected chi connectivity index (χ4v) is 2.01. The Morgan fingerprint density at radius 2 is 1.95 bits per heavy atom. The maximum atomic E-state index is 12.3. The largest absolute Gasteiger partial charge is 0.323 e. The number of nitrogens with zero attached hydrogens (tertiary/aromatic N) is 1. The molecule has 104 valence electrons. The summed E-state index contributed by atoms with van der Waals surface area (Å²) in [5, 5.41) is 2.91. The van der Waals surface area contributed by atoms with Gasteiger partial charge < -0.3 is 10.7 Å². The van der Waals surface area contributed by atoms with Crippen LogP contribution < -0.4 is 16.6 Å². The van der Waals surface area contributed by atoms with Crippen LogP contribution in [-0.4, -0.2) is 10.9 Å². The maximum Gasteiger partial charge on any atom is 0.259 e. The summed E-state index contributed by atoms with van der Waals surface area (Å²) < 4.78 is 0. The first kappa shape index (κ1) is 14.0. The molecule has 0 radical (unpaired) electrons. The van der Waals surface area contributed by atoms with E-state index < -0.39 is 0 Å². The molecule has 0 fully saturated rings. The summed E-state index contributed by atoms with van der Waals surface area (Å²) in [5.41, 5.74) is 5.35. The zero-order chi connectivity index (χ0) is 14.5. The Hall–Kier alpha value is -2.40. The first-order valence-corrected chi connectivity index (χ1v) is 6.44. The number of hydrogen-bond donors (Lipinski definition) is 3. The molecule has 4 N–H and O–H groups in total. The second-order valence-corrected chi connectivity index (χ2v) is 4.76. The average Bonchev–Trinajstić information content (AvgIpc) is 2.47. The Kier molecular flexibility index (Phi) is 4.32. The van der Waals surface area contributed by atoms with Gasteiger partial charge in [-0.15, -0.1) is 0 Å². The molecule has 1 aromatic carbocycles. The third-order valence-corrected chi connectivity index (χ3v) is 3.05. The molecular weight excluding hydrogens is 252 g/mol. The van der Waals surface area contributed by atoms with E-state index in [9.17, 15) is 4.79 Å². The summed E-state index contributed by atoms with van der Waals surface area (Å²) in [7, 11) is 0. The van der Waals surface area contributed by atoms with Crippen molar-refractivity contribution < 1.29 is 4.79 Å². The number of benzene rings is 1. The molecule has 0 unspecified atom stereocenters. The van der Waals surface area contributed by atoms with Crippen molar-refractivity contribution in [3.05, 3.63) is 53.9 Å². The summed E-state index contributed by atoms with van der Waals surface area (Å²) in [6.07, 6.45) is 3.07.